The topological polar surface area (TPSA) is 75.6 Å². The number of aliphatic carboxylic acids is 1. The van der Waals surface area contributed by atoms with Crippen LogP contribution in [-0.2, 0) is 4.79 Å². The Morgan fingerprint density at radius 1 is 1.12 bits per heavy atom. The first-order chi connectivity index (χ1) is 12.6. The maximum atomic E-state index is 12.4. The van der Waals surface area contributed by atoms with E-state index in [1.807, 2.05) is 47.8 Å². The predicted octanol–water partition coefficient (Wildman–Crippen LogP) is 4.27. The quantitative estimate of drug-likeness (QED) is 0.768. The highest BCUT2D eigenvalue weighted by atomic mass is 32.2. The molecular formula is C19H19NO4S2. The summed E-state index contributed by atoms with van der Waals surface area (Å²) in [5.41, 5.74) is 2.37. The van der Waals surface area contributed by atoms with Gasteiger partial charge in [0, 0.05) is 17.3 Å². The lowest BCUT2D eigenvalue weighted by atomic mass is 10.1. The van der Waals surface area contributed by atoms with Gasteiger partial charge in [-0.05, 0) is 47.8 Å². The molecule has 0 atom stereocenters. The van der Waals surface area contributed by atoms with Crippen molar-refractivity contribution in [3.8, 4) is 5.75 Å². The molecule has 2 N–H and O–H groups in total. The van der Waals surface area contributed by atoms with Gasteiger partial charge in [-0.1, -0.05) is 18.2 Å². The minimum atomic E-state index is -1.05. The van der Waals surface area contributed by atoms with E-state index in [0.29, 0.717) is 21.6 Å². The zero-order chi connectivity index (χ0) is 18.4. The number of carboxylic acids is 1. The van der Waals surface area contributed by atoms with Crippen molar-refractivity contribution >= 4 is 41.1 Å². The van der Waals surface area contributed by atoms with Crippen LogP contribution in [0.25, 0.3) is 0 Å². The van der Waals surface area contributed by atoms with E-state index in [0.717, 1.165) is 0 Å². The Hall–Kier alpha value is -2.12. The number of hydrogen-bond donors (Lipinski definition) is 2. The van der Waals surface area contributed by atoms with Crippen molar-refractivity contribution in [3.05, 3.63) is 59.7 Å². The summed E-state index contributed by atoms with van der Waals surface area (Å²) in [4.78, 5) is 23.0. The van der Waals surface area contributed by atoms with Crippen LogP contribution in [0, 0.1) is 0 Å². The molecule has 1 saturated heterocycles. The summed E-state index contributed by atoms with van der Waals surface area (Å²) >= 11 is 3.90. The van der Waals surface area contributed by atoms with Crippen LogP contribution in [0.5, 0.6) is 5.75 Å². The zero-order valence-corrected chi connectivity index (χ0v) is 15.6. The van der Waals surface area contributed by atoms with E-state index in [1.54, 1.807) is 24.3 Å². The summed E-state index contributed by atoms with van der Waals surface area (Å²) in [5.74, 6) is 1.50. The Morgan fingerprint density at radius 2 is 1.85 bits per heavy atom. The van der Waals surface area contributed by atoms with Gasteiger partial charge >= 0.3 is 5.97 Å². The molecule has 0 bridgehead atoms. The van der Waals surface area contributed by atoms with Gasteiger partial charge in [0.25, 0.3) is 5.91 Å². The molecular weight excluding hydrogens is 370 g/mol. The van der Waals surface area contributed by atoms with E-state index in [-0.39, 0.29) is 5.91 Å². The van der Waals surface area contributed by atoms with Crippen molar-refractivity contribution < 1.29 is 19.4 Å². The molecule has 1 aliphatic heterocycles. The zero-order valence-electron chi connectivity index (χ0n) is 14.0. The number of carbonyl (C=O) groups is 2. The molecule has 0 aliphatic carbocycles. The third-order valence-corrected chi connectivity index (χ3v) is 6.74. The van der Waals surface area contributed by atoms with Gasteiger partial charge in [0.1, 0.15) is 5.75 Å². The number of ether oxygens (including phenoxy) is 1. The SMILES string of the molecule is O=C(O)COc1cccc(NC(=O)c2ccc(C3SCCCS3)cc2)c1. The molecule has 2 aromatic rings. The molecule has 7 heteroatoms. The summed E-state index contributed by atoms with van der Waals surface area (Å²) in [6.07, 6.45) is 1.25. The molecule has 136 valence electrons. The number of carboxylic acid groups (broad SMARTS) is 1. The number of benzene rings is 2. The van der Waals surface area contributed by atoms with Crippen molar-refractivity contribution in [1.29, 1.82) is 0 Å². The van der Waals surface area contributed by atoms with Gasteiger partial charge in [0.15, 0.2) is 6.61 Å². The van der Waals surface area contributed by atoms with Gasteiger partial charge in [0.05, 0.1) is 4.58 Å². The monoisotopic (exact) mass is 389 g/mol. The normalized spacial score (nSPS) is 14.6. The molecule has 0 spiro atoms. The molecule has 1 aliphatic rings. The van der Waals surface area contributed by atoms with Crippen molar-refractivity contribution in [2.75, 3.05) is 23.4 Å². The summed E-state index contributed by atoms with van der Waals surface area (Å²) in [6, 6.07) is 14.4. The van der Waals surface area contributed by atoms with E-state index in [1.165, 1.54) is 23.5 Å². The van der Waals surface area contributed by atoms with Gasteiger partial charge in [-0.15, -0.1) is 23.5 Å². The van der Waals surface area contributed by atoms with Crippen LogP contribution < -0.4 is 10.1 Å². The van der Waals surface area contributed by atoms with Crippen molar-refractivity contribution in [2.24, 2.45) is 0 Å². The lowest BCUT2D eigenvalue weighted by molar-refractivity contribution is -0.139. The predicted molar refractivity (Wildman–Crippen MR) is 106 cm³/mol. The first-order valence-electron chi connectivity index (χ1n) is 8.21. The summed E-state index contributed by atoms with van der Waals surface area (Å²) in [5, 5.41) is 11.5. The van der Waals surface area contributed by atoms with E-state index in [9.17, 15) is 9.59 Å². The largest absolute Gasteiger partial charge is 0.482 e. The number of hydrogen-bond acceptors (Lipinski definition) is 5. The molecule has 2 aromatic carbocycles. The van der Waals surface area contributed by atoms with Crippen LogP contribution in [0.2, 0.25) is 0 Å². The smallest absolute Gasteiger partial charge is 0.341 e. The van der Waals surface area contributed by atoms with Crippen LogP contribution in [0.4, 0.5) is 5.69 Å². The Labute approximate surface area is 160 Å². The van der Waals surface area contributed by atoms with E-state index in [2.05, 4.69) is 5.32 Å². The molecule has 26 heavy (non-hydrogen) atoms. The molecule has 0 radical (unpaired) electrons. The Bertz CT molecular complexity index is 773. The minimum Gasteiger partial charge on any atom is -0.482 e. The molecule has 3 rings (SSSR count). The van der Waals surface area contributed by atoms with Crippen LogP contribution in [0.15, 0.2) is 48.5 Å². The third kappa shape index (κ3) is 5.19. The van der Waals surface area contributed by atoms with Gasteiger partial charge < -0.3 is 15.2 Å². The van der Waals surface area contributed by atoms with Crippen molar-refractivity contribution in [2.45, 2.75) is 11.0 Å². The van der Waals surface area contributed by atoms with Gasteiger partial charge in [-0.25, -0.2) is 4.79 Å². The maximum absolute atomic E-state index is 12.4. The molecule has 5 nitrogen and oxygen atoms in total. The van der Waals surface area contributed by atoms with Gasteiger partial charge in [-0.2, -0.15) is 0 Å². The lowest BCUT2D eigenvalue weighted by Crippen LogP contribution is -2.13. The number of nitrogens with one attached hydrogen (secondary N) is 1. The average molecular weight is 389 g/mol. The van der Waals surface area contributed by atoms with Crippen LogP contribution in [-0.4, -0.2) is 35.1 Å². The molecule has 0 unspecified atom stereocenters. The lowest BCUT2D eigenvalue weighted by Gasteiger charge is -2.21. The molecule has 0 aromatic heterocycles. The molecule has 0 saturated carbocycles. The van der Waals surface area contributed by atoms with E-state index in [4.69, 9.17) is 9.84 Å². The highest BCUT2D eigenvalue weighted by molar-refractivity contribution is 8.16. The Kier molecular flexibility index (Phi) is 6.46. The fourth-order valence-electron chi connectivity index (χ4n) is 2.48. The maximum Gasteiger partial charge on any atom is 0.341 e. The highest BCUT2D eigenvalue weighted by Gasteiger charge is 2.17. The fraction of sp³-hybridized carbons (Fsp3) is 0.263. The summed E-state index contributed by atoms with van der Waals surface area (Å²) in [7, 11) is 0. The van der Waals surface area contributed by atoms with Crippen LogP contribution in [0.3, 0.4) is 0 Å². The molecule has 1 fully saturated rings. The Balaban J connectivity index is 1.62. The second kappa shape index (κ2) is 9.00. The molecule has 1 heterocycles. The highest BCUT2D eigenvalue weighted by Crippen LogP contribution is 2.43. The van der Waals surface area contributed by atoms with E-state index < -0.39 is 12.6 Å². The number of rotatable bonds is 6. The second-order valence-corrected chi connectivity index (χ2v) is 8.44. The second-order valence-electron chi connectivity index (χ2n) is 5.71. The standard InChI is InChI=1S/C19H19NO4S2/c21-17(22)12-24-16-4-1-3-15(11-16)20-18(23)13-5-7-14(8-6-13)19-25-9-2-10-26-19/h1,3-8,11,19H,2,9-10,12H2,(H,20,23)(H,21,22). The number of carbonyl (C=O) groups excluding carboxylic acids is 1. The van der Waals surface area contributed by atoms with Crippen molar-refractivity contribution in [3.63, 3.8) is 0 Å². The fourth-order valence-corrected chi connectivity index (χ4v) is 5.38. The first kappa shape index (κ1) is 18.7. The van der Waals surface area contributed by atoms with Crippen LogP contribution >= 0.6 is 23.5 Å². The third-order valence-electron chi connectivity index (χ3n) is 3.73. The van der Waals surface area contributed by atoms with E-state index >= 15 is 0 Å². The summed E-state index contributed by atoms with van der Waals surface area (Å²) in [6.45, 7) is -0.421. The van der Waals surface area contributed by atoms with Crippen LogP contribution in [0.1, 0.15) is 26.9 Å². The summed E-state index contributed by atoms with van der Waals surface area (Å²) < 4.78 is 5.57. The number of amides is 1. The minimum absolute atomic E-state index is 0.212. The average Bonchev–Trinajstić information content (AvgIpc) is 2.67. The number of anilines is 1. The number of thioether (sulfide) groups is 2. The van der Waals surface area contributed by atoms with Gasteiger partial charge in [-0.3, -0.25) is 4.79 Å². The first-order valence-corrected chi connectivity index (χ1v) is 10.3. The van der Waals surface area contributed by atoms with Crippen molar-refractivity contribution in [1.82, 2.24) is 0 Å². The molecule has 1 amide bonds. The Morgan fingerprint density at radius 3 is 2.54 bits per heavy atom. The van der Waals surface area contributed by atoms with Gasteiger partial charge in [0.2, 0.25) is 0 Å².